The lowest BCUT2D eigenvalue weighted by Crippen LogP contribution is -2.27. The molecular weight excluding hydrogens is 230 g/mol. The van der Waals surface area contributed by atoms with Gasteiger partial charge in [-0.25, -0.2) is 9.59 Å². The van der Waals surface area contributed by atoms with Crippen molar-refractivity contribution in [1.29, 1.82) is 0 Å². The summed E-state index contributed by atoms with van der Waals surface area (Å²) >= 11 is 1.05. The number of carbonyl (C=O) groups is 2. The normalized spacial score (nSPS) is 9.62. The van der Waals surface area contributed by atoms with Crippen LogP contribution < -0.4 is 5.32 Å². The van der Waals surface area contributed by atoms with Gasteiger partial charge in [0.05, 0.1) is 13.2 Å². The molecule has 0 bridgehead atoms. The van der Waals surface area contributed by atoms with Crippen LogP contribution in [0.3, 0.4) is 0 Å². The third kappa shape index (κ3) is 9.64. The van der Waals surface area contributed by atoms with Gasteiger partial charge in [0.15, 0.2) is 0 Å². The molecule has 1 amide bonds. The molecule has 0 heterocycles. The molecule has 5 nitrogen and oxygen atoms in total. The number of hydrogen-bond acceptors (Lipinski definition) is 5. The summed E-state index contributed by atoms with van der Waals surface area (Å²) in [4.78, 5) is 22.0. The van der Waals surface area contributed by atoms with Crippen molar-refractivity contribution in [2.45, 2.75) is 26.7 Å². The zero-order valence-electron chi connectivity index (χ0n) is 9.78. The van der Waals surface area contributed by atoms with Crippen LogP contribution in [-0.4, -0.2) is 36.9 Å². The molecule has 94 valence electrons. The topological polar surface area (TPSA) is 64.6 Å². The van der Waals surface area contributed by atoms with Crippen molar-refractivity contribution >= 4 is 23.2 Å². The first-order valence-electron chi connectivity index (χ1n) is 5.40. The van der Waals surface area contributed by atoms with Crippen LogP contribution in [-0.2, 0) is 9.47 Å². The molecule has 0 spiro atoms. The summed E-state index contributed by atoms with van der Waals surface area (Å²) in [5.74, 6) is 0.490. The monoisotopic (exact) mass is 249 g/mol. The molecule has 0 aliphatic rings. The van der Waals surface area contributed by atoms with Crippen LogP contribution in [0.1, 0.15) is 26.7 Å². The molecule has 0 unspecified atom stereocenters. The van der Waals surface area contributed by atoms with Crippen molar-refractivity contribution in [3.8, 4) is 0 Å². The number of carbonyl (C=O) groups excluding carboxylic acids is 2. The maximum atomic E-state index is 11.0. The van der Waals surface area contributed by atoms with Crippen molar-refractivity contribution in [3.05, 3.63) is 0 Å². The summed E-state index contributed by atoms with van der Waals surface area (Å²) in [5, 5.41) is 2.24. The van der Waals surface area contributed by atoms with Crippen LogP contribution >= 0.6 is 11.8 Å². The molecule has 0 saturated carbocycles. The Kier molecular flexibility index (Phi) is 10.00. The SMILES string of the molecule is CCCOC(=O)NCCSC(=O)OCCC. The number of rotatable bonds is 7. The summed E-state index contributed by atoms with van der Waals surface area (Å²) < 4.78 is 9.63. The molecular formula is C10H19NO4S. The smallest absolute Gasteiger partial charge is 0.407 e. The van der Waals surface area contributed by atoms with E-state index in [0.717, 1.165) is 24.6 Å². The predicted molar refractivity (Wildman–Crippen MR) is 63.7 cm³/mol. The first-order valence-corrected chi connectivity index (χ1v) is 6.39. The Morgan fingerprint density at radius 2 is 1.75 bits per heavy atom. The van der Waals surface area contributed by atoms with E-state index in [4.69, 9.17) is 9.47 Å². The predicted octanol–water partition coefficient (Wildman–Crippen LogP) is 2.40. The van der Waals surface area contributed by atoms with E-state index in [-0.39, 0.29) is 5.30 Å². The zero-order chi connectivity index (χ0) is 12.2. The molecule has 0 rings (SSSR count). The van der Waals surface area contributed by atoms with E-state index in [9.17, 15) is 9.59 Å². The highest BCUT2D eigenvalue weighted by Gasteiger charge is 2.04. The van der Waals surface area contributed by atoms with Gasteiger partial charge in [-0.3, -0.25) is 0 Å². The van der Waals surface area contributed by atoms with Crippen LogP contribution in [0.15, 0.2) is 0 Å². The standard InChI is InChI=1S/C10H19NO4S/c1-3-6-14-9(12)11-5-8-16-10(13)15-7-4-2/h3-8H2,1-2H3,(H,11,12). The van der Waals surface area contributed by atoms with E-state index in [0.29, 0.717) is 25.5 Å². The van der Waals surface area contributed by atoms with Crippen molar-refractivity contribution in [2.24, 2.45) is 0 Å². The average molecular weight is 249 g/mol. The second-order valence-corrected chi connectivity index (χ2v) is 4.04. The van der Waals surface area contributed by atoms with E-state index in [2.05, 4.69) is 5.32 Å². The zero-order valence-corrected chi connectivity index (χ0v) is 10.6. The number of thioether (sulfide) groups is 1. The molecule has 0 aromatic carbocycles. The van der Waals surface area contributed by atoms with Crippen molar-refractivity contribution in [1.82, 2.24) is 5.32 Å². The maximum Gasteiger partial charge on any atom is 0.407 e. The Bertz CT molecular complexity index is 189. The maximum absolute atomic E-state index is 11.0. The minimum absolute atomic E-state index is 0.300. The number of nitrogens with one attached hydrogen (secondary N) is 1. The van der Waals surface area contributed by atoms with Gasteiger partial charge in [0.2, 0.25) is 0 Å². The van der Waals surface area contributed by atoms with E-state index >= 15 is 0 Å². The highest BCUT2D eigenvalue weighted by Crippen LogP contribution is 2.04. The van der Waals surface area contributed by atoms with Crippen LogP contribution in [0.2, 0.25) is 0 Å². The Morgan fingerprint density at radius 3 is 2.38 bits per heavy atom. The highest BCUT2D eigenvalue weighted by molar-refractivity contribution is 8.13. The highest BCUT2D eigenvalue weighted by atomic mass is 32.2. The summed E-state index contributed by atoms with van der Waals surface area (Å²) in [5.41, 5.74) is 0. The van der Waals surface area contributed by atoms with Gasteiger partial charge in [-0.05, 0) is 24.6 Å². The fraction of sp³-hybridized carbons (Fsp3) is 0.800. The largest absolute Gasteiger partial charge is 0.458 e. The lowest BCUT2D eigenvalue weighted by molar-refractivity contribution is 0.147. The van der Waals surface area contributed by atoms with Gasteiger partial charge in [-0.2, -0.15) is 0 Å². The number of ether oxygens (including phenoxy) is 2. The van der Waals surface area contributed by atoms with Crippen molar-refractivity contribution in [2.75, 3.05) is 25.5 Å². The number of alkyl carbamates (subject to hydrolysis) is 1. The molecule has 16 heavy (non-hydrogen) atoms. The average Bonchev–Trinajstić information content (AvgIpc) is 2.29. The van der Waals surface area contributed by atoms with E-state index in [1.807, 2.05) is 13.8 Å². The molecule has 0 aromatic heterocycles. The molecule has 6 heteroatoms. The van der Waals surface area contributed by atoms with E-state index in [1.165, 1.54) is 0 Å². The van der Waals surface area contributed by atoms with Crippen LogP contribution in [0.5, 0.6) is 0 Å². The Morgan fingerprint density at radius 1 is 1.12 bits per heavy atom. The lowest BCUT2D eigenvalue weighted by atomic mass is 10.5. The quantitative estimate of drug-likeness (QED) is 0.554. The summed E-state index contributed by atoms with van der Waals surface area (Å²) in [6.07, 6.45) is 1.17. The first-order chi connectivity index (χ1) is 7.70. The van der Waals surface area contributed by atoms with Gasteiger partial charge in [-0.1, -0.05) is 13.8 Å². The Hall–Kier alpha value is -0.910. The molecule has 0 aliphatic heterocycles. The summed E-state index contributed by atoms with van der Waals surface area (Å²) in [6.45, 7) is 5.11. The minimum atomic E-state index is -0.440. The Balaban J connectivity index is 3.31. The van der Waals surface area contributed by atoms with Gasteiger partial charge in [0, 0.05) is 12.3 Å². The second kappa shape index (κ2) is 10.6. The van der Waals surface area contributed by atoms with Crippen molar-refractivity contribution < 1.29 is 19.1 Å². The van der Waals surface area contributed by atoms with E-state index in [1.54, 1.807) is 0 Å². The molecule has 0 fully saturated rings. The number of amides is 1. The van der Waals surface area contributed by atoms with E-state index < -0.39 is 6.09 Å². The summed E-state index contributed by atoms with van der Waals surface area (Å²) in [6, 6.07) is 0. The molecule has 0 saturated heterocycles. The second-order valence-electron chi connectivity index (χ2n) is 3.01. The van der Waals surface area contributed by atoms with Crippen molar-refractivity contribution in [3.63, 3.8) is 0 Å². The third-order valence-corrected chi connectivity index (χ3v) is 2.21. The van der Waals surface area contributed by atoms with Crippen LogP contribution in [0.4, 0.5) is 9.59 Å². The molecule has 0 aromatic rings. The molecule has 0 radical (unpaired) electrons. The lowest BCUT2D eigenvalue weighted by Gasteiger charge is -2.05. The van der Waals surface area contributed by atoms with Gasteiger partial charge in [0.25, 0.3) is 0 Å². The number of hydrogen-bond donors (Lipinski definition) is 1. The van der Waals surface area contributed by atoms with Gasteiger partial charge in [0.1, 0.15) is 0 Å². The van der Waals surface area contributed by atoms with Crippen LogP contribution in [0.25, 0.3) is 0 Å². The third-order valence-electron chi connectivity index (χ3n) is 1.45. The molecule has 0 atom stereocenters. The first kappa shape index (κ1) is 15.1. The molecule has 1 N–H and O–H groups in total. The van der Waals surface area contributed by atoms with Gasteiger partial charge >= 0.3 is 11.4 Å². The fourth-order valence-corrected chi connectivity index (χ4v) is 1.30. The fourth-order valence-electron chi connectivity index (χ4n) is 0.760. The summed E-state index contributed by atoms with van der Waals surface area (Å²) in [7, 11) is 0. The molecule has 0 aliphatic carbocycles. The van der Waals surface area contributed by atoms with Crippen LogP contribution in [0, 0.1) is 0 Å². The minimum Gasteiger partial charge on any atom is -0.458 e. The van der Waals surface area contributed by atoms with Gasteiger partial charge in [-0.15, -0.1) is 0 Å². The Labute approximate surface area is 100 Å². The van der Waals surface area contributed by atoms with Gasteiger partial charge < -0.3 is 14.8 Å².